The van der Waals surface area contributed by atoms with Crippen LogP contribution in [0.2, 0.25) is 0 Å². The van der Waals surface area contributed by atoms with Gasteiger partial charge in [0.25, 0.3) is 0 Å². The summed E-state index contributed by atoms with van der Waals surface area (Å²) in [6.07, 6.45) is 3.29. The molecule has 164 valence electrons. The average molecular weight is 460 g/mol. The summed E-state index contributed by atoms with van der Waals surface area (Å²) in [7, 11) is 0. The average Bonchev–Trinajstić information content (AvgIpc) is 3.16. The van der Waals surface area contributed by atoms with Crippen LogP contribution in [-0.2, 0) is 12.7 Å². The van der Waals surface area contributed by atoms with Crippen LogP contribution in [0.4, 0.5) is 13.2 Å². The smallest absolute Gasteiger partial charge is 0.345 e. The summed E-state index contributed by atoms with van der Waals surface area (Å²) < 4.78 is 41.1. The lowest BCUT2D eigenvalue weighted by atomic mass is 9.89. The summed E-state index contributed by atoms with van der Waals surface area (Å²) in [4.78, 5) is 7.15. The number of fused-ring (bicyclic) bond motifs is 1. The predicted octanol–water partition coefficient (Wildman–Crippen LogP) is 6.76. The second-order valence-corrected chi connectivity index (χ2v) is 7.64. The van der Waals surface area contributed by atoms with Gasteiger partial charge in [-0.3, -0.25) is 0 Å². The summed E-state index contributed by atoms with van der Waals surface area (Å²) in [5.41, 5.74) is 2.64. The number of rotatable bonds is 5. The lowest BCUT2D eigenvalue weighted by Gasteiger charge is -2.22. The van der Waals surface area contributed by atoms with Crippen LogP contribution in [-0.4, -0.2) is 16.5 Å². The maximum absolute atomic E-state index is 13.7. The van der Waals surface area contributed by atoms with Gasteiger partial charge in [0.05, 0.1) is 22.9 Å². The van der Waals surface area contributed by atoms with Crippen LogP contribution >= 0.6 is 24.8 Å². The van der Waals surface area contributed by atoms with Gasteiger partial charge >= 0.3 is 6.18 Å². The van der Waals surface area contributed by atoms with Gasteiger partial charge < -0.3 is 10.3 Å². The highest BCUT2D eigenvalue weighted by Gasteiger charge is 2.33. The minimum Gasteiger partial charge on any atom is -0.345 e. The van der Waals surface area contributed by atoms with Crippen molar-refractivity contribution in [2.75, 3.05) is 6.54 Å². The molecule has 4 rings (SSSR count). The van der Waals surface area contributed by atoms with Crippen LogP contribution < -0.4 is 5.32 Å². The number of nitrogens with one attached hydrogen (secondary N) is 2. The van der Waals surface area contributed by atoms with E-state index in [9.17, 15) is 13.2 Å². The number of benzene rings is 2. The van der Waals surface area contributed by atoms with E-state index in [1.807, 2.05) is 12.1 Å². The van der Waals surface area contributed by atoms with Crippen LogP contribution in [0.25, 0.3) is 22.2 Å². The molecule has 3 aromatic rings. The van der Waals surface area contributed by atoms with E-state index in [0.717, 1.165) is 23.1 Å². The van der Waals surface area contributed by atoms with Crippen molar-refractivity contribution in [3.05, 3.63) is 53.9 Å². The molecule has 1 saturated carbocycles. The molecule has 1 aliphatic carbocycles. The van der Waals surface area contributed by atoms with Crippen molar-refractivity contribution < 1.29 is 13.2 Å². The Balaban J connectivity index is 0.00000160. The molecular formula is C22H26Cl2F3N3. The van der Waals surface area contributed by atoms with Gasteiger partial charge in [0.15, 0.2) is 0 Å². The Kier molecular flexibility index (Phi) is 8.59. The Morgan fingerprint density at radius 3 is 2.40 bits per heavy atom. The molecule has 1 aliphatic rings. The number of nitrogens with zero attached hydrogens (tertiary/aromatic N) is 1. The zero-order valence-electron chi connectivity index (χ0n) is 16.5. The van der Waals surface area contributed by atoms with Gasteiger partial charge in [-0.1, -0.05) is 37.5 Å². The largest absolute Gasteiger partial charge is 0.416 e. The van der Waals surface area contributed by atoms with E-state index in [2.05, 4.69) is 15.3 Å². The molecular weight excluding hydrogens is 434 g/mol. The highest BCUT2D eigenvalue weighted by Crippen LogP contribution is 2.35. The van der Waals surface area contributed by atoms with Crippen molar-refractivity contribution in [2.24, 2.45) is 5.92 Å². The van der Waals surface area contributed by atoms with E-state index in [1.54, 1.807) is 24.5 Å². The molecule has 8 heteroatoms. The molecule has 2 aromatic carbocycles. The second-order valence-electron chi connectivity index (χ2n) is 7.64. The van der Waals surface area contributed by atoms with Crippen LogP contribution in [0, 0.1) is 5.92 Å². The SMILES string of the molecule is Cl.Cl.FC(F)(F)c1cc(-c2ccc3nc[nH]c3c2)ccc1CNCC1CCCCC1. The number of H-pyrrole nitrogens is 1. The van der Waals surface area contributed by atoms with E-state index in [-0.39, 0.29) is 31.4 Å². The van der Waals surface area contributed by atoms with Crippen LogP contribution in [0.1, 0.15) is 43.2 Å². The fourth-order valence-electron chi connectivity index (χ4n) is 4.09. The maximum Gasteiger partial charge on any atom is 0.416 e. The molecule has 0 radical (unpaired) electrons. The monoisotopic (exact) mass is 459 g/mol. The number of hydrogen-bond donors (Lipinski definition) is 2. The van der Waals surface area contributed by atoms with Gasteiger partial charge in [0, 0.05) is 6.54 Å². The summed E-state index contributed by atoms with van der Waals surface area (Å²) in [6.45, 7) is 1.03. The summed E-state index contributed by atoms with van der Waals surface area (Å²) in [5.74, 6) is 0.587. The van der Waals surface area contributed by atoms with Crippen molar-refractivity contribution in [1.29, 1.82) is 0 Å². The topological polar surface area (TPSA) is 40.7 Å². The molecule has 0 atom stereocenters. The standard InChI is InChI=1S/C22H24F3N3.2ClH/c23-22(24,25)19-10-16(17-8-9-20-21(11-17)28-14-27-20)6-7-18(19)13-26-12-15-4-2-1-3-5-15;;/h6-11,14-15,26H,1-5,12-13H2,(H,27,28);2*1H. The quantitative estimate of drug-likeness (QED) is 0.442. The molecule has 1 heterocycles. The van der Waals surface area contributed by atoms with Crippen LogP contribution in [0.15, 0.2) is 42.7 Å². The number of imidazole rings is 1. The maximum atomic E-state index is 13.7. The van der Waals surface area contributed by atoms with E-state index in [0.29, 0.717) is 17.0 Å². The van der Waals surface area contributed by atoms with E-state index < -0.39 is 11.7 Å². The zero-order chi connectivity index (χ0) is 19.6. The predicted molar refractivity (Wildman–Crippen MR) is 119 cm³/mol. The molecule has 2 N–H and O–H groups in total. The molecule has 1 fully saturated rings. The third-order valence-electron chi connectivity index (χ3n) is 5.64. The molecule has 0 amide bonds. The molecule has 0 unspecified atom stereocenters. The third kappa shape index (κ3) is 5.68. The Morgan fingerprint density at radius 2 is 1.67 bits per heavy atom. The van der Waals surface area contributed by atoms with Gasteiger partial charge in [-0.25, -0.2) is 4.98 Å². The van der Waals surface area contributed by atoms with Crippen molar-refractivity contribution in [3.8, 4) is 11.1 Å². The molecule has 1 aromatic heterocycles. The Hall–Kier alpha value is -1.76. The van der Waals surface area contributed by atoms with Crippen molar-refractivity contribution >= 4 is 35.8 Å². The molecule has 0 spiro atoms. The third-order valence-corrected chi connectivity index (χ3v) is 5.64. The number of alkyl halides is 3. The van der Waals surface area contributed by atoms with Crippen molar-refractivity contribution in [3.63, 3.8) is 0 Å². The number of aromatic amines is 1. The van der Waals surface area contributed by atoms with E-state index in [4.69, 9.17) is 0 Å². The Labute approximate surface area is 186 Å². The first-order chi connectivity index (χ1) is 13.5. The first-order valence-electron chi connectivity index (χ1n) is 9.85. The fourth-order valence-corrected chi connectivity index (χ4v) is 4.09. The summed E-state index contributed by atoms with van der Waals surface area (Å²) in [5, 5.41) is 3.25. The molecule has 0 aliphatic heterocycles. The number of halogens is 5. The van der Waals surface area contributed by atoms with E-state index >= 15 is 0 Å². The minimum atomic E-state index is -4.38. The number of aromatic nitrogens is 2. The van der Waals surface area contributed by atoms with Crippen LogP contribution in [0.3, 0.4) is 0 Å². The lowest BCUT2D eigenvalue weighted by Crippen LogP contribution is -2.25. The summed E-state index contributed by atoms with van der Waals surface area (Å²) >= 11 is 0. The number of hydrogen-bond acceptors (Lipinski definition) is 2. The van der Waals surface area contributed by atoms with Crippen LogP contribution in [0.5, 0.6) is 0 Å². The van der Waals surface area contributed by atoms with Gasteiger partial charge in [0.1, 0.15) is 0 Å². The van der Waals surface area contributed by atoms with Gasteiger partial charge in [-0.15, -0.1) is 24.8 Å². The highest BCUT2D eigenvalue weighted by atomic mass is 35.5. The second kappa shape index (κ2) is 10.5. The fraction of sp³-hybridized carbons (Fsp3) is 0.409. The zero-order valence-corrected chi connectivity index (χ0v) is 18.1. The Bertz CT molecular complexity index is 950. The Morgan fingerprint density at radius 1 is 0.967 bits per heavy atom. The normalized spacial score (nSPS) is 14.9. The summed E-state index contributed by atoms with van der Waals surface area (Å²) in [6, 6.07) is 10.1. The first kappa shape index (κ1) is 24.5. The molecule has 3 nitrogen and oxygen atoms in total. The lowest BCUT2D eigenvalue weighted by molar-refractivity contribution is -0.138. The molecule has 0 saturated heterocycles. The molecule has 30 heavy (non-hydrogen) atoms. The van der Waals surface area contributed by atoms with Crippen molar-refractivity contribution in [1.82, 2.24) is 15.3 Å². The van der Waals surface area contributed by atoms with E-state index in [1.165, 1.54) is 38.2 Å². The van der Waals surface area contributed by atoms with Gasteiger partial charge in [-0.2, -0.15) is 13.2 Å². The van der Waals surface area contributed by atoms with Crippen molar-refractivity contribution in [2.45, 2.75) is 44.8 Å². The molecule has 0 bridgehead atoms. The van der Waals surface area contributed by atoms with Gasteiger partial charge in [-0.05, 0) is 60.2 Å². The van der Waals surface area contributed by atoms with Gasteiger partial charge in [0.2, 0.25) is 0 Å². The highest BCUT2D eigenvalue weighted by molar-refractivity contribution is 5.85. The minimum absolute atomic E-state index is 0. The first-order valence-corrected chi connectivity index (χ1v) is 9.85.